The zero-order valence-electron chi connectivity index (χ0n) is 7.07. The van der Waals surface area contributed by atoms with Crippen molar-refractivity contribution in [2.75, 3.05) is 12.8 Å². The molecule has 0 aliphatic rings. The first-order valence-corrected chi connectivity index (χ1v) is 5.09. The Hall–Kier alpha value is -0.870. The molecule has 2 aromatic rings. The third kappa shape index (κ3) is 1.26. The molecule has 0 aliphatic heterocycles. The Morgan fingerprint density at radius 3 is 2.92 bits per heavy atom. The highest BCUT2D eigenvalue weighted by Gasteiger charge is 2.08. The average Bonchev–Trinajstić information content (AvgIpc) is 2.48. The molecule has 0 radical (unpaired) electrons. The van der Waals surface area contributed by atoms with Crippen molar-refractivity contribution in [2.24, 2.45) is 0 Å². The Bertz CT molecular complexity index is 450. The molecule has 0 amide bonds. The summed E-state index contributed by atoms with van der Waals surface area (Å²) in [5.41, 5.74) is 6.43. The minimum atomic E-state index is 0.671. The molecule has 0 unspecified atom stereocenters. The monoisotopic (exact) mass is 211 g/mol. The fourth-order valence-electron chi connectivity index (χ4n) is 1.29. The van der Waals surface area contributed by atoms with Gasteiger partial charge in [0, 0.05) is 15.7 Å². The second-order valence-electron chi connectivity index (χ2n) is 2.69. The SMILES string of the molecule is COc1c(N)ccc2c(S)csc12. The maximum absolute atomic E-state index is 5.76. The molecule has 4 heteroatoms. The predicted octanol–water partition coefficient (Wildman–Crippen LogP) is 2.78. The lowest BCUT2D eigenvalue weighted by Gasteiger charge is -2.04. The van der Waals surface area contributed by atoms with Gasteiger partial charge in [0.1, 0.15) is 0 Å². The van der Waals surface area contributed by atoms with E-state index < -0.39 is 0 Å². The maximum Gasteiger partial charge on any atom is 0.159 e. The number of anilines is 1. The second kappa shape index (κ2) is 3.12. The van der Waals surface area contributed by atoms with E-state index in [0.717, 1.165) is 20.7 Å². The molecule has 2 N–H and O–H groups in total. The third-order valence-corrected chi connectivity index (χ3v) is 3.45. The molecule has 1 aromatic heterocycles. The van der Waals surface area contributed by atoms with E-state index in [1.807, 2.05) is 17.5 Å². The van der Waals surface area contributed by atoms with Crippen molar-refractivity contribution in [3.63, 3.8) is 0 Å². The van der Waals surface area contributed by atoms with E-state index in [1.165, 1.54) is 0 Å². The molecule has 13 heavy (non-hydrogen) atoms. The molecule has 1 heterocycles. The van der Waals surface area contributed by atoms with Crippen LogP contribution in [0.15, 0.2) is 22.4 Å². The smallest absolute Gasteiger partial charge is 0.159 e. The molecule has 0 saturated carbocycles. The number of hydrogen-bond donors (Lipinski definition) is 2. The summed E-state index contributed by atoms with van der Waals surface area (Å²) in [5, 5.41) is 3.08. The van der Waals surface area contributed by atoms with E-state index in [-0.39, 0.29) is 0 Å². The number of nitrogens with two attached hydrogens (primary N) is 1. The van der Waals surface area contributed by atoms with Gasteiger partial charge in [-0.15, -0.1) is 24.0 Å². The number of methoxy groups -OCH3 is 1. The summed E-state index contributed by atoms with van der Waals surface area (Å²) in [6.45, 7) is 0. The molecule has 68 valence electrons. The van der Waals surface area contributed by atoms with Crippen molar-refractivity contribution in [2.45, 2.75) is 4.90 Å². The lowest BCUT2D eigenvalue weighted by Crippen LogP contribution is -1.91. The van der Waals surface area contributed by atoms with Gasteiger partial charge >= 0.3 is 0 Å². The van der Waals surface area contributed by atoms with Crippen LogP contribution in [0.4, 0.5) is 5.69 Å². The summed E-state index contributed by atoms with van der Waals surface area (Å²) in [5.74, 6) is 0.753. The lowest BCUT2D eigenvalue weighted by molar-refractivity contribution is 0.422. The minimum absolute atomic E-state index is 0.671. The molecule has 1 aromatic carbocycles. The molecule has 2 rings (SSSR count). The van der Waals surface area contributed by atoms with Crippen LogP contribution in [0.1, 0.15) is 0 Å². The Morgan fingerprint density at radius 1 is 1.46 bits per heavy atom. The normalized spacial score (nSPS) is 10.6. The average molecular weight is 211 g/mol. The van der Waals surface area contributed by atoms with Crippen LogP contribution in [0, 0.1) is 0 Å². The van der Waals surface area contributed by atoms with Gasteiger partial charge in [0.25, 0.3) is 0 Å². The van der Waals surface area contributed by atoms with Crippen molar-refractivity contribution >= 4 is 39.7 Å². The molecule has 0 aliphatic carbocycles. The van der Waals surface area contributed by atoms with Gasteiger partial charge in [-0.1, -0.05) is 6.07 Å². The number of rotatable bonds is 1. The first-order chi connectivity index (χ1) is 6.24. The summed E-state index contributed by atoms with van der Waals surface area (Å²) in [6.07, 6.45) is 0. The van der Waals surface area contributed by atoms with Crippen molar-refractivity contribution in [3.05, 3.63) is 17.5 Å². The molecular weight excluding hydrogens is 202 g/mol. The van der Waals surface area contributed by atoms with Crippen molar-refractivity contribution in [1.29, 1.82) is 0 Å². The molecule has 0 saturated heterocycles. The van der Waals surface area contributed by atoms with E-state index in [1.54, 1.807) is 18.4 Å². The molecule has 0 spiro atoms. The van der Waals surface area contributed by atoms with Crippen LogP contribution in [0.25, 0.3) is 10.1 Å². The zero-order valence-corrected chi connectivity index (χ0v) is 8.78. The van der Waals surface area contributed by atoms with Gasteiger partial charge in [-0.3, -0.25) is 0 Å². The number of thiol groups is 1. The summed E-state index contributed by atoms with van der Waals surface area (Å²) in [6, 6.07) is 3.81. The zero-order chi connectivity index (χ0) is 9.42. The molecule has 0 bridgehead atoms. The van der Waals surface area contributed by atoms with Gasteiger partial charge in [0.2, 0.25) is 0 Å². The molecule has 2 nitrogen and oxygen atoms in total. The third-order valence-electron chi connectivity index (χ3n) is 1.91. The molecule has 0 atom stereocenters. The van der Waals surface area contributed by atoms with Gasteiger partial charge in [-0.25, -0.2) is 0 Å². The number of benzene rings is 1. The van der Waals surface area contributed by atoms with Gasteiger partial charge in [0.05, 0.1) is 17.5 Å². The van der Waals surface area contributed by atoms with E-state index in [2.05, 4.69) is 12.6 Å². The van der Waals surface area contributed by atoms with Crippen LogP contribution < -0.4 is 10.5 Å². The van der Waals surface area contributed by atoms with Crippen LogP contribution in [0.3, 0.4) is 0 Å². The van der Waals surface area contributed by atoms with E-state index in [9.17, 15) is 0 Å². The topological polar surface area (TPSA) is 35.2 Å². The van der Waals surface area contributed by atoms with Gasteiger partial charge in [-0.2, -0.15) is 0 Å². The molecule has 0 fully saturated rings. The van der Waals surface area contributed by atoms with Crippen LogP contribution in [0.5, 0.6) is 5.75 Å². The van der Waals surface area contributed by atoms with Crippen LogP contribution >= 0.6 is 24.0 Å². The lowest BCUT2D eigenvalue weighted by atomic mass is 10.2. The Kier molecular flexibility index (Phi) is 2.09. The minimum Gasteiger partial charge on any atom is -0.493 e. The second-order valence-corrected chi connectivity index (χ2v) is 4.05. The van der Waals surface area contributed by atoms with Gasteiger partial charge in [-0.05, 0) is 6.07 Å². The summed E-state index contributed by atoms with van der Waals surface area (Å²) in [7, 11) is 1.63. The number of nitrogen functional groups attached to an aromatic ring is 1. The Labute approximate surface area is 85.7 Å². The Morgan fingerprint density at radius 2 is 2.23 bits per heavy atom. The summed E-state index contributed by atoms with van der Waals surface area (Å²) >= 11 is 5.93. The highest BCUT2D eigenvalue weighted by atomic mass is 32.1. The van der Waals surface area contributed by atoms with Crippen LogP contribution in [-0.4, -0.2) is 7.11 Å². The van der Waals surface area contributed by atoms with Crippen LogP contribution in [0.2, 0.25) is 0 Å². The highest BCUT2D eigenvalue weighted by Crippen LogP contribution is 2.38. The van der Waals surface area contributed by atoms with Crippen molar-refractivity contribution in [3.8, 4) is 5.75 Å². The van der Waals surface area contributed by atoms with E-state index >= 15 is 0 Å². The van der Waals surface area contributed by atoms with E-state index in [0.29, 0.717) is 5.69 Å². The standard InChI is InChI=1S/C9H9NOS2/c1-11-8-6(10)3-2-5-7(12)4-13-9(5)8/h2-4,12H,10H2,1H3. The van der Waals surface area contributed by atoms with Gasteiger partial charge in [0.15, 0.2) is 5.75 Å². The summed E-state index contributed by atoms with van der Waals surface area (Å²) in [4.78, 5) is 0.971. The Balaban J connectivity index is 2.85. The number of hydrogen-bond acceptors (Lipinski definition) is 4. The quantitative estimate of drug-likeness (QED) is 0.562. The van der Waals surface area contributed by atoms with Crippen molar-refractivity contribution in [1.82, 2.24) is 0 Å². The largest absolute Gasteiger partial charge is 0.493 e. The fraction of sp³-hybridized carbons (Fsp3) is 0.111. The van der Waals surface area contributed by atoms with Gasteiger partial charge < -0.3 is 10.5 Å². The maximum atomic E-state index is 5.76. The first-order valence-electron chi connectivity index (χ1n) is 3.76. The van der Waals surface area contributed by atoms with Crippen molar-refractivity contribution < 1.29 is 4.74 Å². The molecular formula is C9H9NOS2. The van der Waals surface area contributed by atoms with Crippen LogP contribution in [-0.2, 0) is 0 Å². The number of ether oxygens (including phenoxy) is 1. The number of fused-ring (bicyclic) bond motifs is 1. The highest BCUT2D eigenvalue weighted by molar-refractivity contribution is 7.80. The fourth-order valence-corrected chi connectivity index (χ4v) is 2.68. The first kappa shape index (κ1) is 8.72. The predicted molar refractivity (Wildman–Crippen MR) is 60.0 cm³/mol. The van der Waals surface area contributed by atoms with E-state index in [4.69, 9.17) is 10.5 Å². The summed E-state index contributed by atoms with van der Waals surface area (Å²) < 4.78 is 6.29. The number of thiophene rings is 1.